The van der Waals surface area contributed by atoms with Crippen LogP contribution < -0.4 is 14.8 Å². The van der Waals surface area contributed by atoms with Crippen molar-refractivity contribution in [3.63, 3.8) is 0 Å². The SMILES string of the molecule is CC(Oc1ccc(F)cc1Br)C(=O)Nc1cccc(S(=O)(=O)NC2CC2)c1. The Kier molecular flexibility index (Phi) is 5.83. The van der Waals surface area contributed by atoms with Gasteiger partial charge in [-0.15, -0.1) is 0 Å². The maximum atomic E-state index is 13.1. The predicted octanol–water partition coefficient (Wildman–Crippen LogP) is 3.43. The van der Waals surface area contributed by atoms with Gasteiger partial charge in [-0.3, -0.25) is 4.79 Å². The van der Waals surface area contributed by atoms with E-state index < -0.39 is 27.9 Å². The molecule has 144 valence electrons. The zero-order chi connectivity index (χ0) is 19.6. The minimum absolute atomic E-state index is 0.00387. The molecule has 0 heterocycles. The lowest BCUT2D eigenvalue weighted by molar-refractivity contribution is -0.122. The standard InChI is InChI=1S/C18H18BrFN2O4S/c1-11(26-17-8-5-12(20)9-16(17)19)18(23)21-14-3-2-4-15(10-14)27(24,25)22-13-6-7-13/h2-5,8-11,13,22H,6-7H2,1H3,(H,21,23). The molecular weight excluding hydrogens is 439 g/mol. The fourth-order valence-corrected chi connectivity index (χ4v) is 4.08. The van der Waals surface area contributed by atoms with E-state index in [2.05, 4.69) is 26.0 Å². The molecule has 0 spiro atoms. The third-order valence-corrected chi connectivity index (χ3v) is 6.02. The summed E-state index contributed by atoms with van der Waals surface area (Å²) in [6.07, 6.45) is 0.795. The van der Waals surface area contributed by atoms with Crippen molar-refractivity contribution >= 4 is 37.5 Å². The van der Waals surface area contributed by atoms with Crippen molar-refractivity contribution in [2.24, 2.45) is 0 Å². The molecule has 3 rings (SSSR count). The van der Waals surface area contributed by atoms with Crippen LogP contribution in [0.4, 0.5) is 10.1 Å². The van der Waals surface area contributed by atoms with Gasteiger partial charge in [-0.1, -0.05) is 6.07 Å². The number of carbonyl (C=O) groups excluding carboxylic acids is 1. The number of halogens is 2. The number of amides is 1. The van der Waals surface area contributed by atoms with Crippen LogP contribution >= 0.6 is 15.9 Å². The summed E-state index contributed by atoms with van der Waals surface area (Å²) >= 11 is 3.18. The summed E-state index contributed by atoms with van der Waals surface area (Å²) in [7, 11) is -3.61. The van der Waals surface area contributed by atoms with E-state index in [4.69, 9.17) is 4.74 Å². The van der Waals surface area contributed by atoms with Crippen LogP contribution in [0, 0.1) is 5.82 Å². The van der Waals surface area contributed by atoms with Crippen LogP contribution in [0.1, 0.15) is 19.8 Å². The molecule has 2 aromatic carbocycles. The van der Waals surface area contributed by atoms with Crippen LogP contribution in [0.5, 0.6) is 5.75 Å². The number of anilines is 1. The van der Waals surface area contributed by atoms with Gasteiger partial charge in [0.2, 0.25) is 10.0 Å². The second kappa shape index (κ2) is 7.95. The maximum Gasteiger partial charge on any atom is 0.265 e. The Bertz CT molecular complexity index is 964. The maximum absolute atomic E-state index is 13.1. The Labute approximate surface area is 165 Å². The third kappa shape index (κ3) is 5.27. The van der Waals surface area contributed by atoms with Crippen molar-refractivity contribution in [3.05, 3.63) is 52.8 Å². The summed E-state index contributed by atoms with van der Waals surface area (Å²) < 4.78 is 46.2. The van der Waals surface area contributed by atoms with Crippen molar-refractivity contribution < 1.29 is 22.3 Å². The Morgan fingerprint density at radius 3 is 2.67 bits per heavy atom. The lowest BCUT2D eigenvalue weighted by Gasteiger charge is -2.16. The van der Waals surface area contributed by atoms with Gasteiger partial charge < -0.3 is 10.1 Å². The molecule has 2 aromatic rings. The molecular formula is C18H18BrFN2O4S. The van der Waals surface area contributed by atoms with Gasteiger partial charge in [0, 0.05) is 11.7 Å². The number of hydrogen-bond donors (Lipinski definition) is 2. The van der Waals surface area contributed by atoms with Crippen LogP contribution in [0.25, 0.3) is 0 Å². The Morgan fingerprint density at radius 1 is 1.26 bits per heavy atom. The van der Waals surface area contributed by atoms with E-state index in [1.165, 1.54) is 30.3 Å². The van der Waals surface area contributed by atoms with Crippen LogP contribution in [0.3, 0.4) is 0 Å². The molecule has 1 fully saturated rings. The zero-order valence-corrected chi connectivity index (χ0v) is 16.8. The molecule has 0 aliphatic heterocycles. The molecule has 1 atom stereocenters. The highest BCUT2D eigenvalue weighted by molar-refractivity contribution is 9.10. The third-order valence-electron chi connectivity index (χ3n) is 3.88. The van der Waals surface area contributed by atoms with Gasteiger partial charge in [0.1, 0.15) is 11.6 Å². The first-order chi connectivity index (χ1) is 12.7. The lowest BCUT2D eigenvalue weighted by Crippen LogP contribution is -2.30. The molecule has 0 radical (unpaired) electrons. The van der Waals surface area contributed by atoms with E-state index in [1.54, 1.807) is 19.1 Å². The molecule has 6 nitrogen and oxygen atoms in total. The van der Waals surface area contributed by atoms with E-state index >= 15 is 0 Å². The summed E-state index contributed by atoms with van der Waals surface area (Å²) in [4.78, 5) is 12.4. The summed E-state index contributed by atoms with van der Waals surface area (Å²) in [5, 5.41) is 2.63. The predicted molar refractivity (Wildman–Crippen MR) is 103 cm³/mol. The highest BCUT2D eigenvalue weighted by Crippen LogP contribution is 2.27. The minimum Gasteiger partial charge on any atom is -0.480 e. The van der Waals surface area contributed by atoms with Crippen molar-refractivity contribution in [1.29, 1.82) is 0 Å². The first-order valence-corrected chi connectivity index (χ1v) is 10.6. The molecule has 0 aromatic heterocycles. The van der Waals surface area contributed by atoms with Crippen molar-refractivity contribution in [2.75, 3.05) is 5.32 Å². The van der Waals surface area contributed by atoms with Gasteiger partial charge in [-0.05, 0) is 72.1 Å². The summed E-state index contributed by atoms with van der Waals surface area (Å²) in [5.41, 5.74) is 0.340. The number of benzene rings is 2. The second-order valence-corrected chi connectivity index (χ2v) is 8.82. The molecule has 0 bridgehead atoms. The van der Waals surface area contributed by atoms with Gasteiger partial charge in [0.05, 0.1) is 9.37 Å². The summed E-state index contributed by atoms with van der Waals surface area (Å²) in [6.45, 7) is 1.54. The fourth-order valence-electron chi connectivity index (χ4n) is 2.29. The highest BCUT2D eigenvalue weighted by atomic mass is 79.9. The van der Waals surface area contributed by atoms with E-state index in [0.717, 1.165) is 12.8 Å². The van der Waals surface area contributed by atoms with E-state index in [1.807, 2.05) is 0 Å². The first-order valence-electron chi connectivity index (χ1n) is 8.29. The quantitative estimate of drug-likeness (QED) is 0.668. The van der Waals surface area contributed by atoms with Gasteiger partial charge >= 0.3 is 0 Å². The molecule has 0 saturated heterocycles. The number of ether oxygens (including phenoxy) is 1. The molecule has 1 amide bonds. The van der Waals surface area contributed by atoms with Gasteiger partial charge in [0.25, 0.3) is 5.91 Å². The monoisotopic (exact) mass is 456 g/mol. The van der Waals surface area contributed by atoms with Gasteiger partial charge in [-0.2, -0.15) is 0 Å². The van der Waals surface area contributed by atoms with Crippen LogP contribution in [0.15, 0.2) is 51.8 Å². The van der Waals surface area contributed by atoms with Crippen LogP contribution in [0.2, 0.25) is 0 Å². The molecule has 1 unspecified atom stereocenters. The minimum atomic E-state index is -3.61. The molecule has 9 heteroatoms. The smallest absolute Gasteiger partial charge is 0.265 e. The van der Waals surface area contributed by atoms with Crippen LogP contribution in [-0.4, -0.2) is 26.5 Å². The Morgan fingerprint density at radius 2 is 2.00 bits per heavy atom. The van der Waals surface area contributed by atoms with E-state index in [-0.39, 0.29) is 10.9 Å². The van der Waals surface area contributed by atoms with Crippen molar-refractivity contribution in [2.45, 2.75) is 36.8 Å². The second-order valence-electron chi connectivity index (χ2n) is 6.25. The van der Waals surface area contributed by atoms with Crippen molar-refractivity contribution in [1.82, 2.24) is 4.72 Å². The number of hydrogen-bond acceptors (Lipinski definition) is 4. The number of sulfonamides is 1. The average molecular weight is 457 g/mol. The van der Waals surface area contributed by atoms with Crippen LogP contribution in [-0.2, 0) is 14.8 Å². The zero-order valence-electron chi connectivity index (χ0n) is 14.4. The number of nitrogens with one attached hydrogen (secondary N) is 2. The molecule has 1 saturated carbocycles. The molecule has 1 aliphatic carbocycles. The Hall–Kier alpha value is -1.97. The molecule has 27 heavy (non-hydrogen) atoms. The fraction of sp³-hybridized carbons (Fsp3) is 0.278. The topological polar surface area (TPSA) is 84.5 Å². The normalized spacial score (nSPS) is 15.2. The van der Waals surface area contributed by atoms with Gasteiger partial charge in [0.15, 0.2) is 6.10 Å². The summed E-state index contributed by atoms with van der Waals surface area (Å²) in [6, 6.07) is 9.88. The molecule has 2 N–H and O–H groups in total. The number of carbonyl (C=O) groups is 1. The van der Waals surface area contributed by atoms with Crippen molar-refractivity contribution in [3.8, 4) is 5.75 Å². The molecule has 1 aliphatic rings. The van der Waals surface area contributed by atoms with E-state index in [0.29, 0.717) is 15.9 Å². The lowest BCUT2D eigenvalue weighted by atomic mass is 10.3. The highest BCUT2D eigenvalue weighted by Gasteiger charge is 2.28. The largest absolute Gasteiger partial charge is 0.480 e. The van der Waals surface area contributed by atoms with E-state index in [9.17, 15) is 17.6 Å². The summed E-state index contributed by atoms with van der Waals surface area (Å²) in [5.74, 6) is -0.566. The first kappa shape index (κ1) is 19.8. The Balaban J connectivity index is 1.67. The average Bonchev–Trinajstić information content (AvgIpc) is 3.41. The van der Waals surface area contributed by atoms with Gasteiger partial charge in [-0.25, -0.2) is 17.5 Å². The number of rotatable bonds is 7.